The van der Waals surface area contributed by atoms with Gasteiger partial charge in [0.1, 0.15) is 42.4 Å². The number of carbonyl (C=O) groups excluding carboxylic acids is 1. The van der Waals surface area contributed by atoms with Gasteiger partial charge in [-0.3, -0.25) is 4.57 Å². The van der Waals surface area contributed by atoms with E-state index in [-0.39, 0.29) is 47.7 Å². The predicted molar refractivity (Wildman–Crippen MR) is 190 cm³/mol. The summed E-state index contributed by atoms with van der Waals surface area (Å²) in [5.41, 5.74) is 9.18. The Morgan fingerprint density at radius 1 is 1.00 bits per heavy atom. The van der Waals surface area contributed by atoms with Crippen molar-refractivity contribution in [2.24, 2.45) is 0 Å². The number of anilines is 1. The van der Waals surface area contributed by atoms with Crippen LogP contribution in [0.3, 0.4) is 0 Å². The maximum absolute atomic E-state index is 12.5. The number of aromatic nitrogens is 7. The van der Waals surface area contributed by atoms with E-state index in [0.29, 0.717) is 16.9 Å². The van der Waals surface area contributed by atoms with Gasteiger partial charge in [0, 0.05) is 0 Å². The SMILES string of the molecule is CC(C)[Si]1(C(C)C)OC[C@H]2O[C@@H](n3cnc4c(N)ncnc43)[C@H](n3cc(CNC(=O)OCc4ccccc4)nn3)[C@@H]2O[Si](C(C)C)(C(C)C)O1. The van der Waals surface area contributed by atoms with Crippen molar-refractivity contribution in [1.29, 1.82) is 0 Å². The molecule has 50 heavy (non-hydrogen) atoms. The summed E-state index contributed by atoms with van der Waals surface area (Å²) in [6.07, 6.45) is 2.62. The zero-order chi connectivity index (χ0) is 35.8. The van der Waals surface area contributed by atoms with Gasteiger partial charge < -0.3 is 33.5 Å². The number of alkyl carbamates (subject to hydrolysis) is 1. The summed E-state index contributed by atoms with van der Waals surface area (Å²) in [6.45, 7) is 18.1. The third-order valence-electron chi connectivity index (χ3n) is 9.79. The fourth-order valence-corrected chi connectivity index (χ4v) is 18.4. The Bertz CT molecular complexity index is 1750. The third-order valence-corrected chi connectivity index (χ3v) is 20.0. The molecule has 0 spiro atoms. The molecule has 0 radical (unpaired) electrons. The molecular weight excluding hydrogens is 675 g/mol. The van der Waals surface area contributed by atoms with Gasteiger partial charge in [-0.1, -0.05) is 90.9 Å². The highest BCUT2D eigenvalue weighted by molar-refractivity contribution is 6.84. The summed E-state index contributed by atoms with van der Waals surface area (Å²) in [6, 6.07) is 8.96. The van der Waals surface area contributed by atoms with Crippen molar-refractivity contribution in [2.75, 3.05) is 12.3 Å². The number of carbonyl (C=O) groups is 1. The minimum Gasteiger partial charge on any atom is -0.445 e. The van der Waals surface area contributed by atoms with Crippen molar-refractivity contribution in [3.63, 3.8) is 0 Å². The second-order valence-corrected chi connectivity index (χ2v) is 23.1. The fourth-order valence-electron chi connectivity index (χ4n) is 7.18. The monoisotopic (exact) mass is 723 g/mol. The number of rotatable bonds is 10. The van der Waals surface area contributed by atoms with Crippen LogP contribution in [0.1, 0.15) is 78.9 Å². The molecule has 2 aliphatic heterocycles. The van der Waals surface area contributed by atoms with E-state index >= 15 is 0 Å². The topological polar surface area (TPSA) is 176 Å². The van der Waals surface area contributed by atoms with Gasteiger partial charge in [-0.15, -0.1) is 5.10 Å². The zero-order valence-corrected chi connectivity index (χ0v) is 32.0. The minimum absolute atomic E-state index is 0.105. The molecule has 15 nitrogen and oxygen atoms in total. The molecule has 0 bridgehead atoms. The number of nitrogens with zero attached hydrogens (tertiary/aromatic N) is 7. The van der Waals surface area contributed by atoms with Crippen LogP contribution in [-0.2, 0) is 35.6 Å². The number of benzene rings is 1. The Balaban J connectivity index is 1.36. The molecule has 1 aromatic carbocycles. The summed E-state index contributed by atoms with van der Waals surface area (Å²) in [7, 11) is -5.84. The molecular formula is C33H49N9O6Si2. The van der Waals surface area contributed by atoms with E-state index in [2.05, 4.69) is 86.0 Å². The molecule has 5 heterocycles. The third kappa shape index (κ3) is 6.69. The van der Waals surface area contributed by atoms with E-state index in [1.807, 2.05) is 34.9 Å². The molecule has 270 valence electrons. The summed E-state index contributed by atoms with van der Waals surface area (Å²) >= 11 is 0. The predicted octanol–water partition coefficient (Wildman–Crippen LogP) is 5.52. The maximum atomic E-state index is 12.5. The van der Waals surface area contributed by atoms with Gasteiger partial charge >= 0.3 is 23.2 Å². The number of imidazole rings is 1. The lowest BCUT2D eigenvalue weighted by Crippen LogP contribution is -2.65. The van der Waals surface area contributed by atoms with E-state index in [0.717, 1.165) is 5.56 Å². The summed E-state index contributed by atoms with van der Waals surface area (Å²) < 4.78 is 37.9. The molecule has 17 heteroatoms. The molecule has 3 N–H and O–H groups in total. The van der Waals surface area contributed by atoms with Gasteiger partial charge in [0.2, 0.25) is 0 Å². The number of nitrogens with two attached hydrogens (primary N) is 1. The smallest absolute Gasteiger partial charge is 0.407 e. The highest BCUT2D eigenvalue weighted by atomic mass is 28.5. The first-order valence-corrected chi connectivity index (χ1v) is 21.3. The minimum atomic E-state index is -3.03. The van der Waals surface area contributed by atoms with Crippen molar-refractivity contribution in [3.8, 4) is 0 Å². The Morgan fingerprint density at radius 2 is 1.70 bits per heavy atom. The van der Waals surface area contributed by atoms with E-state index in [9.17, 15) is 4.79 Å². The maximum Gasteiger partial charge on any atom is 0.407 e. The molecule has 0 saturated carbocycles. The molecule has 4 aromatic rings. The molecule has 6 rings (SSSR count). The normalized spacial score (nSPS) is 23.4. The van der Waals surface area contributed by atoms with Gasteiger partial charge in [-0.2, -0.15) is 0 Å². The average Bonchev–Trinajstić information content (AvgIpc) is 3.80. The highest BCUT2D eigenvalue weighted by Gasteiger charge is 2.62. The van der Waals surface area contributed by atoms with Crippen molar-refractivity contribution in [1.82, 2.24) is 39.8 Å². The van der Waals surface area contributed by atoms with Crippen LogP contribution in [-0.4, -0.2) is 76.5 Å². The van der Waals surface area contributed by atoms with E-state index in [1.54, 1.807) is 17.2 Å². The van der Waals surface area contributed by atoms with Crippen LogP contribution in [0.5, 0.6) is 0 Å². The first-order chi connectivity index (χ1) is 23.9. The van der Waals surface area contributed by atoms with Crippen molar-refractivity contribution >= 4 is 40.2 Å². The van der Waals surface area contributed by atoms with Crippen LogP contribution in [0, 0.1) is 0 Å². The van der Waals surface area contributed by atoms with Crippen LogP contribution in [0.15, 0.2) is 49.2 Å². The molecule has 2 saturated heterocycles. The molecule has 4 atom stereocenters. The largest absolute Gasteiger partial charge is 0.445 e. The van der Waals surface area contributed by atoms with E-state index in [1.165, 1.54) is 6.33 Å². The van der Waals surface area contributed by atoms with Gasteiger partial charge in [-0.05, 0) is 27.7 Å². The zero-order valence-electron chi connectivity index (χ0n) is 30.0. The Kier molecular flexibility index (Phi) is 10.4. The van der Waals surface area contributed by atoms with Crippen LogP contribution in [0.25, 0.3) is 11.2 Å². The standard InChI is InChI=1S/C33H49N9O6Si2/c1-20(2)49(21(3)4)45-17-26-29(47-50(48-49,22(5)6)23(7)8)28(32(46-26)41-19-38-27-30(34)36-18-37-31(27)41)42-15-25(39-40-42)14-35-33(43)44-16-24-12-10-9-11-13-24/h9-13,15,18-23,26,28-29,32H,14,16-17H2,1-8H3,(H,35,43)(H2,34,36,37)/t26-,28-,29-,32-/m1/s1. The Morgan fingerprint density at radius 3 is 2.38 bits per heavy atom. The first-order valence-electron chi connectivity index (χ1n) is 17.3. The molecule has 2 fully saturated rings. The molecule has 0 aliphatic carbocycles. The number of nitrogens with one attached hydrogen (secondary N) is 1. The van der Waals surface area contributed by atoms with Crippen molar-refractivity contribution in [3.05, 3.63) is 60.4 Å². The van der Waals surface area contributed by atoms with Crippen LogP contribution in [0.2, 0.25) is 22.2 Å². The van der Waals surface area contributed by atoms with Crippen LogP contribution in [0.4, 0.5) is 10.6 Å². The highest BCUT2D eigenvalue weighted by Crippen LogP contribution is 2.51. The van der Waals surface area contributed by atoms with Crippen LogP contribution < -0.4 is 11.1 Å². The summed E-state index contributed by atoms with van der Waals surface area (Å²) in [4.78, 5) is 25.7. The lowest BCUT2D eigenvalue weighted by molar-refractivity contribution is -0.0550. The number of amides is 1. The second kappa shape index (κ2) is 14.5. The number of nitrogen functional groups attached to an aromatic ring is 1. The Labute approximate surface area is 294 Å². The van der Waals surface area contributed by atoms with Crippen molar-refractivity contribution < 1.29 is 27.2 Å². The second-order valence-electron chi connectivity index (χ2n) is 14.3. The van der Waals surface area contributed by atoms with Gasteiger partial charge in [0.05, 0.1) is 25.7 Å². The summed E-state index contributed by atoms with van der Waals surface area (Å²) in [5, 5.41) is 11.8. The average molecular weight is 724 g/mol. The molecule has 3 aromatic heterocycles. The van der Waals surface area contributed by atoms with Gasteiger partial charge in [-0.25, -0.2) is 24.4 Å². The van der Waals surface area contributed by atoms with E-state index in [4.69, 9.17) is 28.2 Å². The van der Waals surface area contributed by atoms with Crippen LogP contribution >= 0.6 is 0 Å². The lowest BCUT2D eigenvalue weighted by atomic mass is 10.1. The summed E-state index contributed by atoms with van der Waals surface area (Å²) in [5.74, 6) is 0.270. The fraction of sp³-hybridized carbons (Fsp3) is 0.576. The number of ether oxygens (including phenoxy) is 2. The molecule has 0 unspecified atom stereocenters. The number of hydrogen-bond acceptors (Lipinski definition) is 12. The molecule has 1 amide bonds. The van der Waals surface area contributed by atoms with Crippen molar-refractivity contribution in [2.45, 2.75) is 115 Å². The number of hydrogen-bond donors (Lipinski definition) is 2. The molecule has 2 aliphatic rings. The van der Waals surface area contributed by atoms with Gasteiger partial charge in [0.15, 0.2) is 17.7 Å². The van der Waals surface area contributed by atoms with E-state index < -0.39 is 47.7 Å². The van der Waals surface area contributed by atoms with Gasteiger partial charge in [0.25, 0.3) is 0 Å². The Hall–Kier alpha value is -3.75. The quantitative estimate of drug-likeness (QED) is 0.196. The first kappa shape index (κ1) is 36.1. The number of fused-ring (bicyclic) bond motifs is 2. The lowest BCUT2D eigenvalue weighted by Gasteiger charge is -2.51.